The van der Waals surface area contributed by atoms with Crippen LogP contribution in [0.5, 0.6) is 0 Å². The number of aromatic nitrogens is 3. The molecule has 3 heterocycles. The normalized spacial score (nSPS) is 18.3. The van der Waals surface area contributed by atoms with Crippen molar-refractivity contribution in [2.45, 2.75) is 38.3 Å². The van der Waals surface area contributed by atoms with Crippen LogP contribution in [0.15, 0.2) is 43.0 Å². The Morgan fingerprint density at radius 3 is 2.83 bits per heavy atom. The largest absolute Gasteiger partial charge is 0.366 e. The lowest BCUT2D eigenvalue weighted by Gasteiger charge is -2.19. The molecule has 0 radical (unpaired) electrons. The highest BCUT2D eigenvalue weighted by Gasteiger charge is 2.20. The maximum absolute atomic E-state index is 4.55. The first-order valence-electron chi connectivity index (χ1n) is 8.74. The van der Waals surface area contributed by atoms with Crippen LogP contribution in [0.4, 0.5) is 5.82 Å². The Morgan fingerprint density at radius 2 is 2.00 bits per heavy atom. The summed E-state index contributed by atoms with van der Waals surface area (Å²) in [6.07, 6.45) is 14.1. The highest BCUT2D eigenvalue weighted by atomic mass is 15.1. The number of hydrogen-bond donors (Lipinski definition) is 1. The average molecular weight is 321 g/mol. The van der Waals surface area contributed by atoms with Gasteiger partial charge in [0.1, 0.15) is 12.1 Å². The lowest BCUT2D eigenvalue weighted by molar-refractivity contribution is 0.278. The van der Waals surface area contributed by atoms with E-state index in [0.717, 1.165) is 51.1 Å². The first-order valence-corrected chi connectivity index (χ1v) is 8.74. The molecule has 0 amide bonds. The predicted octanol–water partition coefficient (Wildman–Crippen LogP) is 2.60. The monoisotopic (exact) mass is 321 g/mol. The van der Waals surface area contributed by atoms with Crippen molar-refractivity contribution in [1.82, 2.24) is 19.9 Å². The maximum Gasteiger partial charge on any atom is 0.133 e. The van der Waals surface area contributed by atoms with Crippen molar-refractivity contribution in [1.29, 1.82) is 0 Å². The molecule has 0 unspecified atom stereocenters. The topological polar surface area (TPSA) is 53.9 Å². The number of pyridine rings is 1. The van der Waals surface area contributed by atoms with Gasteiger partial charge < -0.3 is 5.32 Å². The van der Waals surface area contributed by atoms with Crippen LogP contribution in [0.2, 0.25) is 0 Å². The number of hydrogen-bond acceptors (Lipinski definition) is 5. The number of rotatable bonds is 4. The zero-order valence-corrected chi connectivity index (χ0v) is 13.9. The number of fused-ring (bicyclic) bond motifs is 1. The van der Waals surface area contributed by atoms with Crippen molar-refractivity contribution in [3.63, 3.8) is 0 Å². The molecule has 0 spiro atoms. The minimum atomic E-state index is 0.485. The second kappa shape index (κ2) is 7.09. The molecule has 0 aromatic carbocycles. The third kappa shape index (κ3) is 3.46. The summed E-state index contributed by atoms with van der Waals surface area (Å²) in [4.78, 5) is 15.8. The van der Waals surface area contributed by atoms with Crippen LogP contribution in [0, 0.1) is 0 Å². The molecule has 24 heavy (non-hydrogen) atoms. The fourth-order valence-electron chi connectivity index (χ4n) is 3.53. The minimum Gasteiger partial charge on any atom is -0.366 e. The molecule has 0 saturated carbocycles. The molecule has 0 saturated heterocycles. The van der Waals surface area contributed by atoms with Crippen molar-refractivity contribution < 1.29 is 0 Å². The third-order valence-corrected chi connectivity index (χ3v) is 4.86. The smallest absolute Gasteiger partial charge is 0.133 e. The third-order valence-electron chi connectivity index (χ3n) is 4.86. The van der Waals surface area contributed by atoms with Gasteiger partial charge in [-0.25, -0.2) is 9.97 Å². The van der Waals surface area contributed by atoms with Crippen molar-refractivity contribution in [3.05, 3.63) is 59.8 Å². The van der Waals surface area contributed by atoms with Gasteiger partial charge in [-0.05, 0) is 30.9 Å². The van der Waals surface area contributed by atoms with E-state index in [4.69, 9.17) is 0 Å². The van der Waals surface area contributed by atoms with E-state index in [9.17, 15) is 0 Å². The molecule has 1 N–H and O–H groups in total. The van der Waals surface area contributed by atoms with Gasteiger partial charge in [-0.1, -0.05) is 18.2 Å². The second-order valence-electron chi connectivity index (χ2n) is 6.57. The zero-order valence-electron chi connectivity index (χ0n) is 13.9. The molecule has 0 bridgehead atoms. The summed E-state index contributed by atoms with van der Waals surface area (Å²) in [5.74, 6) is 1.04. The summed E-state index contributed by atoms with van der Waals surface area (Å²) in [5.41, 5.74) is 3.77. The van der Waals surface area contributed by atoms with Crippen molar-refractivity contribution in [3.8, 4) is 0 Å². The van der Waals surface area contributed by atoms with Crippen LogP contribution in [0.1, 0.15) is 29.7 Å². The van der Waals surface area contributed by atoms with Gasteiger partial charge in [-0.3, -0.25) is 9.88 Å². The van der Waals surface area contributed by atoms with Gasteiger partial charge in [0.15, 0.2) is 0 Å². The molecule has 124 valence electrons. The van der Waals surface area contributed by atoms with Crippen LogP contribution >= 0.6 is 0 Å². The van der Waals surface area contributed by atoms with Gasteiger partial charge in [0.2, 0.25) is 0 Å². The first-order chi connectivity index (χ1) is 11.9. The average Bonchev–Trinajstić information content (AvgIpc) is 3.04. The SMILES string of the molecule is C1=CCC(Nc2ncnc3c2CCN(Cc2cccnc2)CC3)C1. The van der Waals surface area contributed by atoms with E-state index in [2.05, 4.69) is 43.4 Å². The molecule has 5 heteroatoms. The Labute approximate surface area is 142 Å². The lowest BCUT2D eigenvalue weighted by Crippen LogP contribution is -2.26. The van der Waals surface area contributed by atoms with Gasteiger partial charge in [-0.15, -0.1) is 0 Å². The van der Waals surface area contributed by atoms with Crippen LogP contribution in [0.3, 0.4) is 0 Å². The van der Waals surface area contributed by atoms with Gasteiger partial charge in [0.25, 0.3) is 0 Å². The zero-order chi connectivity index (χ0) is 16.2. The second-order valence-corrected chi connectivity index (χ2v) is 6.57. The Morgan fingerprint density at radius 1 is 1.12 bits per heavy atom. The van der Waals surface area contributed by atoms with Crippen LogP contribution in [-0.2, 0) is 19.4 Å². The Kier molecular flexibility index (Phi) is 4.51. The fraction of sp³-hybridized carbons (Fsp3) is 0.421. The van der Waals surface area contributed by atoms with E-state index in [0.29, 0.717) is 6.04 Å². The van der Waals surface area contributed by atoms with Gasteiger partial charge >= 0.3 is 0 Å². The van der Waals surface area contributed by atoms with Crippen LogP contribution in [0.25, 0.3) is 0 Å². The fourth-order valence-corrected chi connectivity index (χ4v) is 3.53. The Bertz CT molecular complexity index is 705. The first kappa shape index (κ1) is 15.3. The molecule has 4 rings (SSSR count). The molecule has 2 aromatic rings. The summed E-state index contributed by atoms with van der Waals surface area (Å²) >= 11 is 0. The summed E-state index contributed by atoms with van der Waals surface area (Å²) in [5, 5.41) is 3.62. The summed E-state index contributed by atoms with van der Waals surface area (Å²) < 4.78 is 0. The quantitative estimate of drug-likeness (QED) is 0.877. The van der Waals surface area contributed by atoms with E-state index in [1.165, 1.54) is 16.8 Å². The van der Waals surface area contributed by atoms with E-state index >= 15 is 0 Å². The Balaban J connectivity index is 1.46. The van der Waals surface area contributed by atoms with Crippen LogP contribution in [-0.4, -0.2) is 39.0 Å². The summed E-state index contributed by atoms with van der Waals surface area (Å²) in [6.45, 7) is 3.01. The molecule has 5 nitrogen and oxygen atoms in total. The lowest BCUT2D eigenvalue weighted by atomic mass is 10.1. The number of nitrogens with one attached hydrogen (secondary N) is 1. The van der Waals surface area contributed by atoms with Crippen molar-refractivity contribution in [2.75, 3.05) is 18.4 Å². The maximum atomic E-state index is 4.55. The van der Waals surface area contributed by atoms with E-state index in [1.807, 2.05) is 18.5 Å². The molecule has 0 atom stereocenters. The van der Waals surface area contributed by atoms with E-state index < -0.39 is 0 Å². The highest BCUT2D eigenvalue weighted by Crippen LogP contribution is 2.24. The molecule has 2 aliphatic rings. The van der Waals surface area contributed by atoms with Gasteiger partial charge in [0.05, 0.1) is 5.69 Å². The molecule has 1 aliphatic heterocycles. The van der Waals surface area contributed by atoms with E-state index in [-0.39, 0.29) is 0 Å². The minimum absolute atomic E-state index is 0.485. The summed E-state index contributed by atoms with van der Waals surface area (Å²) in [7, 11) is 0. The molecular formula is C19H23N5. The molecular weight excluding hydrogens is 298 g/mol. The van der Waals surface area contributed by atoms with E-state index in [1.54, 1.807) is 6.33 Å². The van der Waals surface area contributed by atoms with Crippen LogP contribution < -0.4 is 5.32 Å². The number of anilines is 1. The Hall–Kier alpha value is -2.27. The van der Waals surface area contributed by atoms with Gasteiger partial charge in [0, 0.05) is 50.1 Å². The molecule has 1 aliphatic carbocycles. The molecule has 2 aromatic heterocycles. The van der Waals surface area contributed by atoms with Crippen molar-refractivity contribution in [2.24, 2.45) is 0 Å². The number of nitrogens with zero attached hydrogens (tertiary/aromatic N) is 4. The molecule has 0 fully saturated rings. The standard InChI is InChI=1S/C19H23N5/c1-2-6-16(5-1)23-19-17-7-10-24(11-8-18(17)21-14-22-19)13-15-4-3-9-20-12-15/h1-4,9,12,14,16H,5-8,10-11,13H2,(H,21,22,23). The predicted molar refractivity (Wildman–Crippen MR) is 94.7 cm³/mol. The highest BCUT2D eigenvalue weighted by molar-refractivity contribution is 5.48. The summed E-state index contributed by atoms with van der Waals surface area (Å²) in [6, 6.07) is 4.63. The van der Waals surface area contributed by atoms with Gasteiger partial charge in [-0.2, -0.15) is 0 Å². The van der Waals surface area contributed by atoms with Crippen molar-refractivity contribution >= 4 is 5.82 Å².